The van der Waals surface area contributed by atoms with Gasteiger partial charge in [0.1, 0.15) is 5.75 Å². The molecule has 0 N–H and O–H groups in total. The normalized spacial score (nSPS) is 23.9. The lowest BCUT2D eigenvalue weighted by Gasteiger charge is -2.44. The van der Waals surface area contributed by atoms with Crippen LogP contribution in [0.3, 0.4) is 0 Å². The molecule has 1 aromatic heterocycles. The van der Waals surface area contributed by atoms with Crippen molar-refractivity contribution in [3.05, 3.63) is 47.3 Å². The molecule has 0 bridgehead atoms. The van der Waals surface area contributed by atoms with Crippen LogP contribution in [0.4, 0.5) is 0 Å². The van der Waals surface area contributed by atoms with E-state index in [1.54, 1.807) is 23.5 Å². The van der Waals surface area contributed by atoms with Gasteiger partial charge >= 0.3 is 0 Å². The zero-order chi connectivity index (χ0) is 31.6. The number of carbonyl (C=O) groups excluding carboxylic acids is 1. The average Bonchev–Trinajstić information content (AvgIpc) is 3.49. The Morgan fingerprint density at radius 3 is 2.34 bits per heavy atom. The van der Waals surface area contributed by atoms with E-state index in [1.807, 2.05) is 44.1 Å². The highest BCUT2D eigenvalue weighted by molar-refractivity contribution is 7.89. The van der Waals surface area contributed by atoms with Crippen LogP contribution < -0.4 is 4.74 Å². The second kappa shape index (κ2) is 13.9. The molecule has 0 spiro atoms. The Kier molecular flexibility index (Phi) is 10.4. The maximum Gasteiger partial charge on any atom is 0.244 e. The Morgan fingerprint density at radius 2 is 1.68 bits per heavy atom. The molecule has 1 amide bonds. The fourth-order valence-electron chi connectivity index (χ4n) is 7.99. The van der Waals surface area contributed by atoms with Gasteiger partial charge in [-0.3, -0.25) is 4.79 Å². The lowest BCUT2D eigenvalue weighted by molar-refractivity contribution is -0.133. The summed E-state index contributed by atoms with van der Waals surface area (Å²) < 4.78 is 37.6. The van der Waals surface area contributed by atoms with Crippen LogP contribution in [0.2, 0.25) is 0 Å². The van der Waals surface area contributed by atoms with Gasteiger partial charge in [-0.25, -0.2) is 8.42 Å². The number of aryl methyl sites for hydroxylation is 2. The van der Waals surface area contributed by atoms with Gasteiger partial charge in [-0.15, -0.1) is 0 Å². The molecule has 3 heterocycles. The van der Waals surface area contributed by atoms with Crippen molar-refractivity contribution in [3.63, 3.8) is 0 Å². The number of methoxy groups -OCH3 is 1. The predicted octanol–water partition coefficient (Wildman–Crippen LogP) is 4.83. The Morgan fingerprint density at radius 1 is 0.977 bits per heavy atom. The lowest BCUT2D eigenvalue weighted by Crippen LogP contribution is -2.50. The van der Waals surface area contributed by atoms with Gasteiger partial charge in [-0.1, -0.05) is 0 Å². The van der Waals surface area contributed by atoms with Gasteiger partial charge in [0, 0.05) is 56.6 Å². The molecule has 244 valence electrons. The third kappa shape index (κ3) is 6.88. The van der Waals surface area contributed by atoms with Gasteiger partial charge in [0.2, 0.25) is 15.9 Å². The summed E-state index contributed by atoms with van der Waals surface area (Å²) in [6.07, 6.45) is 10.6. The highest BCUT2D eigenvalue weighted by Crippen LogP contribution is 2.38. The highest BCUT2D eigenvalue weighted by atomic mass is 32.2. The van der Waals surface area contributed by atoms with Crippen molar-refractivity contribution in [2.45, 2.75) is 107 Å². The predicted molar refractivity (Wildman–Crippen MR) is 174 cm³/mol. The van der Waals surface area contributed by atoms with E-state index in [1.165, 1.54) is 19.3 Å². The fraction of sp³-hybridized carbons (Fsp3) is 0.676. The molecule has 10 heteroatoms. The third-order valence-electron chi connectivity index (χ3n) is 10.5. The number of piperidine rings is 1. The smallest absolute Gasteiger partial charge is 0.244 e. The van der Waals surface area contributed by atoms with E-state index in [2.05, 4.69) is 28.5 Å². The zero-order valence-corrected chi connectivity index (χ0v) is 28.5. The summed E-state index contributed by atoms with van der Waals surface area (Å²) in [5, 5.41) is 0. The standard InChI is InChI=1S/C34H53N5O4S/c1-25-22-30(43-6)23-26(2)34(25)44(41,42)39-21-20-38-17-9-13-31(38)32(39)12-8-14-33(40)36(5)28-10-7-11-29(24-28)37-18-15-27(16-19-37)35(3)4/h9,13,17,22-23,27-29,32H,7-8,10-12,14-16,18-21,24H2,1-6H3. The van der Waals surface area contributed by atoms with Gasteiger partial charge in [-0.05, 0) is 128 Å². The van der Waals surface area contributed by atoms with Gasteiger partial charge in [0.05, 0.1) is 18.0 Å². The van der Waals surface area contributed by atoms with E-state index in [9.17, 15) is 13.2 Å². The van der Waals surface area contributed by atoms with Crippen LogP contribution in [-0.2, 0) is 21.4 Å². The number of benzene rings is 1. The van der Waals surface area contributed by atoms with Crippen LogP contribution in [-0.4, -0.2) is 104 Å². The van der Waals surface area contributed by atoms with Crippen molar-refractivity contribution in [3.8, 4) is 5.75 Å². The molecule has 5 rings (SSSR count). The molecular formula is C34H53N5O4S. The molecule has 1 saturated heterocycles. The second-order valence-corrected chi connectivity index (χ2v) is 15.3. The highest BCUT2D eigenvalue weighted by Gasteiger charge is 2.38. The molecule has 3 atom stereocenters. The fourth-order valence-corrected chi connectivity index (χ4v) is 10.0. The minimum absolute atomic E-state index is 0.171. The number of likely N-dealkylation sites (tertiary alicyclic amines) is 1. The number of ether oxygens (including phenoxy) is 1. The minimum atomic E-state index is -3.77. The van der Waals surface area contributed by atoms with Crippen LogP contribution in [0.1, 0.15) is 80.7 Å². The van der Waals surface area contributed by atoms with E-state index in [0.29, 0.717) is 66.2 Å². The van der Waals surface area contributed by atoms with E-state index in [0.717, 1.165) is 38.0 Å². The molecule has 2 aromatic rings. The van der Waals surface area contributed by atoms with Crippen LogP contribution in [0.5, 0.6) is 5.75 Å². The van der Waals surface area contributed by atoms with Crippen molar-refractivity contribution in [2.24, 2.45) is 0 Å². The maximum absolute atomic E-state index is 14.2. The molecule has 3 unspecified atom stereocenters. The number of sulfonamides is 1. The Balaban J connectivity index is 1.22. The first-order chi connectivity index (χ1) is 21.0. The Hall–Kier alpha value is -2.40. The van der Waals surface area contributed by atoms with Crippen LogP contribution >= 0.6 is 0 Å². The van der Waals surface area contributed by atoms with Gasteiger partial charge in [-0.2, -0.15) is 4.31 Å². The molecule has 1 aromatic carbocycles. The number of hydrogen-bond acceptors (Lipinski definition) is 6. The zero-order valence-electron chi connectivity index (χ0n) is 27.7. The quantitative estimate of drug-likeness (QED) is 0.376. The SMILES string of the molecule is COc1cc(C)c(S(=O)(=O)N2CCn3cccc3C2CCCC(=O)N(C)C2CCCC(N3CCC(N(C)C)CC3)C2)c(C)c1. The monoisotopic (exact) mass is 627 g/mol. The minimum Gasteiger partial charge on any atom is -0.497 e. The van der Waals surface area contributed by atoms with Crippen LogP contribution in [0.15, 0.2) is 35.4 Å². The summed E-state index contributed by atoms with van der Waals surface area (Å²) >= 11 is 0. The summed E-state index contributed by atoms with van der Waals surface area (Å²) in [6, 6.07) is 8.80. The Labute approximate surface area is 265 Å². The average molecular weight is 628 g/mol. The number of amides is 1. The maximum atomic E-state index is 14.2. The number of aromatic nitrogens is 1. The van der Waals surface area contributed by atoms with Crippen molar-refractivity contribution in [2.75, 3.05) is 47.9 Å². The molecule has 0 radical (unpaired) electrons. The summed E-state index contributed by atoms with van der Waals surface area (Å²) in [5.41, 5.74) is 2.37. The van der Waals surface area contributed by atoms with E-state index < -0.39 is 10.0 Å². The van der Waals surface area contributed by atoms with Crippen molar-refractivity contribution in [1.82, 2.24) is 23.6 Å². The Bertz CT molecular complexity index is 1380. The van der Waals surface area contributed by atoms with Crippen LogP contribution in [0.25, 0.3) is 0 Å². The van der Waals surface area contributed by atoms with E-state index in [4.69, 9.17) is 4.74 Å². The number of carbonyl (C=O) groups is 1. The van der Waals surface area contributed by atoms with Gasteiger partial charge < -0.3 is 24.0 Å². The molecule has 2 aliphatic heterocycles. The lowest BCUT2D eigenvalue weighted by atomic mass is 9.87. The molecule has 9 nitrogen and oxygen atoms in total. The van der Waals surface area contributed by atoms with Crippen LogP contribution in [0, 0.1) is 13.8 Å². The number of nitrogens with zero attached hydrogens (tertiary/aromatic N) is 5. The van der Waals surface area contributed by atoms with E-state index >= 15 is 0 Å². The number of fused-ring (bicyclic) bond motifs is 1. The first-order valence-corrected chi connectivity index (χ1v) is 17.9. The number of rotatable bonds is 10. The summed E-state index contributed by atoms with van der Waals surface area (Å²) in [4.78, 5) is 20.9. The van der Waals surface area contributed by atoms with Crippen molar-refractivity contribution < 1.29 is 17.9 Å². The molecular weight excluding hydrogens is 574 g/mol. The number of hydrogen-bond donors (Lipinski definition) is 0. The first kappa shape index (κ1) is 33.0. The van der Waals surface area contributed by atoms with Gasteiger partial charge in [0.15, 0.2) is 0 Å². The summed E-state index contributed by atoms with van der Waals surface area (Å²) in [6.45, 7) is 6.98. The second-order valence-electron chi connectivity index (χ2n) is 13.5. The molecule has 1 saturated carbocycles. The third-order valence-corrected chi connectivity index (χ3v) is 12.7. The molecule has 44 heavy (non-hydrogen) atoms. The van der Waals surface area contributed by atoms with Crippen molar-refractivity contribution in [1.29, 1.82) is 0 Å². The largest absolute Gasteiger partial charge is 0.497 e. The van der Waals surface area contributed by atoms with Gasteiger partial charge in [0.25, 0.3) is 0 Å². The van der Waals surface area contributed by atoms with Crippen molar-refractivity contribution >= 4 is 15.9 Å². The van der Waals surface area contributed by atoms with E-state index in [-0.39, 0.29) is 18.0 Å². The summed E-state index contributed by atoms with van der Waals surface area (Å²) in [7, 11) is 4.17. The summed E-state index contributed by atoms with van der Waals surface area (Å²) in [5.74, 6) is 0.827. The molecule has 3 aliphatic rings. The molecule has 2 fully saturated rings. The topological polar surface area (TPSA) is 78.3 Å². The first-order valence-electron chi connectivity index (χ1n) is 16.5. The molecule has 1 aliphatic carbocycles.